The first-order valence-electron chi connectivity index (χ1n) is 6.42. The summed E-state index contributed by atoms with van der Waals surface area (Å²) in [7, 11) is 0. The van der Waals surface area contributed by atoms with Crippen LogP contribution in [0.1, 0.15) is 79.8 Å². The van der Waals surface area contributed by atoms with Crippen LogP contribution in [0.5, 0.6) is 0 Å². The molecule has 1 aromatic heterocycles. The van der Waals surface area contributed by atoms with Crippen molar-refractivity contribution in [3.05, 3.63) is 17.2 Å². The lowest BCUT2D eigenvalue weighted by Crippen LogP contribution is -2.06. The van der Waals surface area contributed by atoms with Crippen LogP contribution in [0.3, 0.4) is 0 Å². The molecule has 1 fully saturated rings. The third-order valence-electron chi connectivity index (χ3n) is 3.52. The van der Waals surface area contributed by atoms with Crippen molar-refractivity contribution < 1.29 is 9.90 Å². The van der Waals surface area contributed by atoms with Crippen LogP contribution >= 0.6 is 0 Å². The number of rotatable bonds is 3. The minimum Gasteiger partial charge on any atom is -0.476 e. The Morgan fingerprint density at radius 3 is 2.47 bits per heavy atom. The summed E-state index contributed by atoms with van der Waals surface area (Å²) < 4.78 is 0. The number of aromatic amines is 1. The molecule has 0 radical (unpaired) electrons. The number of carboxylic acids is 1. The predicted molar refractivity (Wildman–Crippen MR) is 65.5 cm³/mol. The second kappa shape index (κ2) is 4.90. The summed E-state index contributed by atoms with van der Waals surface area (Å²) in [5.74, 6) is 0.554. The quantitative estimate of drug-likeness (QED) is 0.846. The number of hydrogen-bond donors (Lipinski definition) is 2. The first kappa shape index (κ1) is 12.1. The summed E-state index contributed by atoms with van der Waals surface area (Å²) in [6.07, 6.45) is 6.00. The van der Waals surface area contributed by atoms with E-state index < -0.39 is 5.97 Å². The van der Waals surface area contributed by atoms with Gasteiger partial charge in [-0.3, -0.25) is 0 Å². The molecule has 2 rings (SSSR count). The number of aromatic nitrogens is 2. The van der Waals surface area contributed by atoms with Gasteiger partial charge < -0.3 is 10.1 Å². The van der Waals surface area contributed by atoms with E-state index in [1.165, 1.54) is 19.3 Å². The minimum atomic E-state index is -0.924. The maximum Gasteiger partial charge on any atom is 0.356 e. The normalized spacial score (nSPS) is 17.6. The van der Waals surface area contributed by atoms with E-state index in [1.807, 2.05) is 13.8 Å². The van der Waals surface area contributed by atoms with Crippen molar-refractivity contribution in [2.45, 2.75) is 57.8 Å². The van der Waals surface area contributed by atoms with Crippen LogP contribution < -0.4 is 0 Å². The summed E-state index contributed by atoms with van der Waals surface area (Å²) in [4.78, 5) is 18.7. The topological polar surface area (TPSA) is 66.0 Å². The zero-order valence-electron chi connectivity index (χ0n) is 10.5. The Labute approximate surface area is 101 Å². The Morgan fingerprint density at radius 1 is 1.35 bits per heavy atom. The Hall–Kier alpha value is -1.32. The van der Waals surface area contributed by atoms with Gasteiger partial charge in [-0.25, -0.2) is 9.78 Å². The van der Waals surface area contributed by atoms with Crippen molar-refractivity contribution in [2.75, 3.05) is 0 Å². The lowest BCUT2D eigenvalue weighted by Gasteiger charge is -2.19. The van der Waals surface area contributed by atoms with Gasteiger partial charge in [0, 0.05) is 5.92 Å². The average molecular weight is 236 g/mol. The van der Waals surface area contributed by atoms with Gasteiger partial charge >= 0.3 is 5.97 Å². The van der Waals surface area contributed by atoms with Crippen LogP contribution in [0.25, 0.3) is 0 Å². The minimum absolute atomic E-state index is 0.172. The molecular weight excluding hydrogens is 216 g/mol. The van der Waals surface area contributed by atoms with E-state index in [9.17, 15) is 4.79 Å². The lowest BCUT2D eigenvalue weighted by atomic mass is 9.89. The highest BCUT2D eigenvalue weighted by Crippen LogP contribution is 2.32. The molecule has 4 heteroatoms. The van der Waals surface area contributed by atoms with E-state index in [-0.39, 0.29) is 11.6 Å². The van der Waals surface area contributed by atoms with E-state index in [2.05, 4.69) is 9.97 Å². The van der Waals surface area contributed by atoms with Gasteiger partial charge in [-0.05, 0) is 18.8 Å². The molecule has 4 nitrogen and oxygen atoms in total. The van der Waals surface area contributed by atoms with Crippen molar-refractivity contribution in [1.29, 1.82) is 0 Å². The number of hydrogen-bond acceptors (Lipinski definition) is 2. The Balaban J connectivity index is 2.29. The van der Waals surface area contributed by atoms with Crippen LogP contribution in [-0.4, -0.2) is 21.0 Å². The monoisotopic (exact) mass is 236 g/mol. The highest BCUT2D eigenvalue weighted by molar-refractivity contribution is 5.87. The Morgan fingerprint density at radius 2 is 2.00 bits per heavy atom. The zero-order valence-corrected chi connectivity index (χ0v) is 10.5. The molecule has 1 saturated carbocycles. The van der Waals surface area contributed by atoms with Gasteiger partial charge in [-0.2, -0.15) is 0 Å². The molecule has 0 saturated heterocycles. The van der Waals surface area contributed by atoms with Gasteiger partial charge in [0.1, 0.15) is 5.82 Å². The number of nitrogens with one attached hydrogen (secondary N) is 1. The summed E-state index contributed by atoms with van der Waals surface area (Å²) in [6.45, 7) is 3.98. The largest absolute Gasteiger partial charge is 0.476 e. The number of carbonyl (C=O) groups is 1. The summed E-state index contributed by atoms with van der Waals surface area (Å²) in [5.41, 5.74) is 0.971. The van der Waals surface area contributed by atoms with E-state index in [0.29, 0.717) is 5.92 Å². The van der Waals surface area contributed by atoms with Gasteiger partial charge in [-0.15, -0.1) is 0 Å². The van der Waals surface area contributed by atoms with E-state index in [1.54, 1.807) is 0 Å². The maximum atomic E-state index is 11.1. The fourth-order valence-electron chi connectivity index (χ4n) is 2.56. The molecule has 0 bridgehead atoms. The first-order chi connectivity index (χ1) is 8.09. The van der Waals surface area contributed by atoms with Crippen molar-refractivity contribution in [1.82, 2.24) is 9.97 Å². The van der Waals surface area contributed by atoms with Crippen LogP contribution in [-0.2, 0) is 0 Å². The smallest absolute Gasteiger partial charge is 0.356 e. The van der Waals surface area contributed by atoms with Gasteiger partial charge in [-0.1, -0.05) is 33.1 Å². The van der Waals surface area contributed by atoms with Crippen LogP contribution in [0.2, 0.25) is 0 Å². The number of imidazole rings is 1. The number of aromatic carboxylic acids is 1. The molecule has 1 aliphatic carbocycles. The molecule has 0 aliphatic heterocycles. The lowest BCUT2D eigenvalue weighted by molar-refractivity contribution is 0.0689. The molecule has 0 atom stereocenters. The van der Waals surface area contributed by atoms with Gasteiger partial charge in [0.2, 0.25) is 0 Å². The molecule has 1 aromatic rings. The van der Waals surface area contributed by atoms with Crippen LogP contribution in [0.15, 0.2) is 0 Å². The fraction of sp³-hybridized carbons (Fsp3) is 0.692. The van der Waals surface area contributed by atoms with E-state index in [4.69, 9.17) is 5.11 Å². The highest BCUT2D eigenvalue weighted by atomic mass is 16.4. The van der Waals surface area contributed by atoms with Gasteiger partial charge in [0.05, 0.1) is 5.69 Å². The van der Waals surface area contributed by atoms with Gasteiger partial charge in [0.25, 0.3) is 0 Å². The SMILES string of the molecule is CC(C)c1[nH]c(C2CCCCC2)nc1C(=O)O. The zero-order chi connectivity index (χ0) is 12.4. The van der Waals surface area contributed by atoms with Gasteiger partial charge in [0.15, 0.2) is 5.69 Å². The Bertz CT molecular complexity index is 404. The Kier molecular flexibility index (Phi) is 3.50. The third kappa shape index (κ3) is 2.51. The molecule has 1 aliphatic rings. The molecule has 17 heavy (non-hydrogen) atoms. The van der Waals surface area contributed by atoms with E-state index >= 15 is 0 Å². The molecule has 0 aromatic carbocycles. The number of carboxylic acid groups (broad SMARTS) is 1. The fourth-order valence-corrected chi connectivity index (χ4v) is 2.56. The van der Waals surface area contributed by atoms with Crippen LogP contribution in [0, 0.1) is 0 Å². The molecular formula is C13H20N2O2. The predicted octanol–water partition coefficient (Wildman–Crippen LogP) is 3.28. The first-order valence-corrected chi connectivity index (χ1v) is 6.42. The van der Waals surface area contributed by atoms with Crippen molar-refractivity contribution >= 4 is 5.97 Å². The number of nitrogens with zero attached hydrogens (tertiary/aromatic N) is 1. The molecule has 2 N–H and O–H groups in total. The summed E-state index contributed by atoms with van der Waals surface area (Å²) in [5, 5.41) is 9.14. The summed E-state index contributed by atoms with van der Waals surface area (Å²) in [6, 6.07) is 0. The van der Waals surface area contributed by atoms with Crippen LogP contribution in [0.4, 0.5) is 0 Å². The molecule has 0 unspecified atom stereocenters. The second-order valence-electron chi connectivity index (χ2n) is 5.18. The third-order valence-corrected chi connectivity index (χ3v) is 3.52. The van der Waals surface area contributed by atoms with Crippen molar-refractivity contribution in [2.24, 2.45) is 0 Å². The van der Waals surface area contributed by atoms with Crippen molar-refractivity contribution in [3.63, 3.8) is 0 Å². The molecule has 0 amide bonds. The highest BCUT2D eigenvalue weighted by Gasteiger charge is 2.24. The average Bonchev–Trinajstić information content (AvgIpc) is 2.75. The van der Waals surface area contributed by atoms with Crippen molar-refractivity contribution in [3.8, 4) is 0 Å². The van der Waals surface area contributed by atoms with E-state index in [0.717, 1.165) is 24.4 Å². The standard InChI is InChI=1S/C13H20N2O2/c1-8(2)10-11(13(16)17)15-12(14-10)9-6-4-3-5-7-9/h8-9H,3-7H2,1-2H3,(H,14,15)(H,16,17). The molecule has 1 heterocycles. The second-order valence-corrected chi connectivity index (χ2v) is 5.18. The maximum absolute atomic E-state index is 11.1. The number of H-pyrrole nitrogens is 1. The molecule has 94 valence electrons. The summed E-state index contributed by atoms with van der Waals surface area (Å²) >= 11 is 0. The molecule has 0 spiro atoms.